The van der Waals surface area contributed by atoms with E-state index in [4.69, 9.17) is 5.73 Å². The topological polar surface area (TPSA) is 90.9 Å². The third-order valence-corrected chi connectivity index (χ3v) is 4.65. The second kappa shape index (κ2) is 13.1. The minimum Gasteiger partial charge on any atom is -0.384 e. The van der Waals surface area contributed by atoms with Crippen molar-refractivity contribution in [2.24, 2.45) is 0 Å². The van der Waals surface area contributed by atoms with Crippen molar-refractivity contribution in [3.8, 4) is 5.82 Å². The zero-order valence-electron chi connectivity index (χ0n) is 17.5. The van der Waals surface area contributed by atoms with Gasteiger partial charge in [0.05, 0.1) is 0 Å². The average molecular weight is 538 g/mol. The van der Waals surface area contributed by atoms with Gasteiger partial charge in [0.25, 0.3) is 0 Å². The first-order chi connectivity index (χ1) is 14.1. The maximum Gasteiger partial charge on any atom is 0.138 e. The number of pyridine rings is 2. The van der Waals surface area contributed by atoms with Crippen molar-refractivity contribution in [3.05, 3.63) is 69.1 Å². The van der Waals surface area contributed by atoms with Crippen LogP contribution >= 0.6 is 31.9 Å². The Morgan fingerprint density at radius 2 is 1.30 bits per heavy atom. The van der Waals surface area contributed by atoms with Crippen LogP contribution in [0.15, 0.2) is 57.7 Å². The van der Waals surface area contributed by atoms with Gasteiger partial charge < -0.3 is 19.9 Å². The molecule has 0 saturated carbocycles. The number of ketones is 2. The van der Waals surface area contributed by atoms with Crippen molar-refractivity contribution >= 4 is 49.2 Å². The van der Waals surface area contributed by atoms with Gasteiger partial charge in [-0.1, -0.05) is 12.1 Å². The fraction of sp³-hybridized carbons (Fsp3) is 0.273. The van der Waals surface area contributed by atoms with Crippen LogP contribution in [0.5, 0.6) is 0 Å². The predicted molar refractivity (Wildman–Crippen MR) is 128 cm³/mol. The summed E-state index contributed by atoms with van der Waals surface area (Å²) in [7, 11) is 0. The smallest absolute Gasteiger partial charge is 0.138 e. The number of aryl methyl sites for hydroxylation is 2. The quantitative estimate of drug-likeness (QED) is 0.436. The number of aromatic nitrogens is 3. The molecular formula is C22H26Br2N4O2. The first kappa shape index (κ1) is 25.7. The number of nitrogens with zero attached hydrogens (tertiary/aromatic N) is 3. The van der Waals surface area contributed by atoms with Crippen LogP contribution in [0.2, 0.25) is 0 Å². The summed E-state index contributed by atoms with van der Waals surface area (Å²) < 4.78 is 3.77. The van der Waals surface area contributed by atoms with Gasteiger partial charge in [-0.2, -0.15) is 0 Å². The third kappa shape index (κ3) is 9.93. The van der Waals surface area contributed by atoms with Gasteiger partial charge in [0.2, 0.25) is 0 Å². The number of Topliss-reactive ketones (excluding diaryl/α,β-unsaturated/α-hetero) is 2. The van der Waals surface area contributed by atoms with Crippen molar-refractivity contribution in [2.75, 3.05) is 5.73 Å². The van der Waals surface area contributed by atoms with Gasteiger partial charge in [0, 0.05) is 24.2 Å². The highest BCUT2D eigenvalue weighted by Gasteiger charge is 2.04. The van der Waals surface area contributed by atoms with E-state index in [-0.39, 0.29) is 11.6 Å². The summed E-state index contributed by atoms with van der Waals surface area (Å²) in [5, 5.41) is 0. The molecule has 0 amide bonds. The summed E-state index contributed by atoms with van der Waals surface area (Å²) in [4.78, 5) is 28.7. The van der Waals surface area contributed by atoms with Crippen LogP contribution in [0.1, 0.15) is 38.1 Å². The van der Waals surface area contributed by atoms with Crippen molar-refractivity contribution in [3.63, 3.8) is 0 Å². The van der Waals surface area contributed by atoms with Crippen LogP contribution in [0.25, 0.3) is 5.82 Å². The first-order valence-corrected chi connectivity index (χ1v) is 10.8. The molecule has 0 aliphatic carbocycles. The molecule has 0 fully saturated rings. The van der Waals surface area contributed by atoms with E-state index in [1.165, 1.54) is 25.2 Å². The fourth-order valence-electron chi connectivity index (χ4n) is 2.33. The maximum absolute atomic E-state index is 10.2. The number of hydrogen-bond donors (Lipinski definition) is 1. The minimum atomic E-state index is 0.0835. The van der Waals surface area contributed by atoms with Crippen molar-refractivity contribution in [2.45, 2.75) is 40.5 Å². The second-order valence-electron chi connectivity index (χ2n) is 6.56. The van der Waals surface area contributed by atoms with Gasteiger partial charge >= 0.3 is 0 Å². The summed E-state index contributed by atoms with van der Waals surface area (Å²) in [6, 6.07) is 15.5. The SMILES string of the molecule is CC(=O)CCC(C)=O.Cc1ccc(C)n1-c1cccc(Br)n1.Nc1cccc(Br)n1. The van der Waals surface area contributed by atoms with E-state index < -0.39 is 0 Å². The molecule has 8 heteroatoms. The number of carbonyl (C=O) groups is 2. The number of hydrogen-bond acceptors (Lipinski definition) is 5. The molecule has 3 rings (SSSR count). The molecule has 0 bridgehead atoms. The molecule has 3 heterocycles. The molecule has 160 valence electrons. The average Bonchev–Trinajstić information content (AvgIpc) is 2.99. The minimum absolute atomic E-state index is 0.0835. The molecule has 0 atom stereocenters. The van der Waals surface area contributed by atoms with Crippen LogP contribution in [0.4, 0.5) is 5.82 Å². The Bertz CT molecular complexity index is 936. The van der Waals surface area contributed by atoms with E-state index >= 15 is 0 Å². The summed E-state index contributed by atoms with van der Waals surface area (Å²) >= 11 is 6.54. The molecule has 0 radical (unpaired) electrons. The van der Waals surface area contributed by atoms with Gasteiger partial charge in [-0.15, -0.1) is 0 Å². The van der Waals surface area contributed by atoms with Crippen LogP contribution in [0, 0.1) is 13.8 Å². The Morgan fingerprint density at radius 3 is 1.67 bits per heavy atom. The number of rotatable bonds is 4. The lowest BCUT2D eigenvalue weighted by Gasteiger charge is -2.07. The highest BCUT2D eigenvalue weighted by atomic mass is 79.9. The monoisotopic (exact) mass is 536 g/mol. The van der Waals surface area contributed by atoms with Crippen LogP contribution < -0.4 is 5.73 Å². The van der Waals surface area contributed by atoms with Crippen LogP contribution in [-0.2, 0) is 9.59 Å². The highest BCUT2D eigenvalue weighted by molar-refractivity contribution is 9.10. The zero-order chi connectivity index (χ0) is 22.7. The summed E-state index contributed by atoms with van der Waals surface area (Å²) in [6.07, 6.45) is 0.796. The van der Waals surface area contributed by atoms with Crippen LogP contribution in [0.3, 0.4) is 0 Å². The number of nitrogens with two attached hydrogens (primary N) is 1. The Balaban J connectivity index is 0.000000243. The molecule has 30 heavy (non-hydrogen) atoms. The molecule has 0 saturated heterocycles. The number of nitrogen functional groups attached to an aromatic ring is 1. The molecule has 0 spiro atoms. The van der Waals surface area contributed by atoms with E-state index in [1.807, 2.05) is 30.3 Å². The number of anilines is 1. The van der Waals surface area contributed by atoms with E-state index in [0.717, 1.165) is 15.0 Å². The molecule has 0 unspecified atom stereocenters. The third-order valence-electron chi connectivity index (χ3n) is 3.77. The normalized spacial score (nSPS) is 9.67. The lowest BCUT2D eigenvalue weighted by molar-refractivity contribution is -0.122. The van der Waals surface area contributed by atoms with Crippen molar-refractivity contribution in [1.82, 2.24) is 14.5 Å². The lowest BCUT2D eigenvalue weighted by atomic mass is 10.2. The molecular weight excluding hydrogens is 512 g/mol. The maximum atomic E-state index is 10.2. The Morgan fingerprint density at radius 1 is 0.833 bits per heavy atom. The standard InChI is InChI=1S/C11H11BrN2.C6H10O2.C5H5BrN2/c1-8-6-7-9(2)14(8)11-5-3-4-10(12)13-11;1-5(7)3-4-6(2)8;6-4-2-1-3-5(7)8-4/h3-7H,1-2H3;3-4H2,1-2H3;1-3H,(H2,7,8). The van der Waals surface area contributed by atoms with Crippen LogP contribution in [-0.4, -0.2) is 26.1 Å². The Labute approximate surface area is 194 Å². The molecule has 3 aromatic heterocycles. The molecule has 0 aliphatic rings. The summed E-state index contributed by atoms with van der Waals surface area (Å²) in [5.41, 5.74) is 7.72. The van der Waals surface area contributed by atoms with E-state index in [1.54, 1.807) is 6.07 Å². The molecule has 2 N–H and O–H groups in total. The number of halogens is 2. The lowest BCUT2D eigenvalue weighted by Crippen LogP contribution is -2.01. The fourth-order valence-corrected chi connectivity index (χ4v) is 3.02. The van der Waals surface area contributed by atoms with Gasteiger partial charge in [0.15, 0.2) is 0 Å². The second-order valence-corrected chi connectivity index (χ2v) is 8.18. The zero-order valence-corrected chi connectivity index (χ0v) is 20.7. The highest BCUT2D eigenvalue weighted by Crippen LogP contribution is 2.16. The van der Waals surface area contributed by atoms with Gasteiger partial charge in [-0.05, 0) is 96.0 Å². The molecule has 6 nitrogen and oxygen atoms in total. The Hall–Kier alpha value is -2.32. The van der Waals surface area contributed by atoms with E-state index in [2.05, 4.69) is 72.4 Å². The molecule has 3 aromatic rings. The van der Waals surface area contributed by atoms with Crippen molar-refractivity contribution in [1.29, 1.82) is 0 Å². The Kier molecular flexibility index (Phi) is 11.2. The van der Waals surface area contributed by atoms with Crippen molar-refractivity contribution < 1.29 is 9.59 Å². The largest absolute Gasteiger partial charge is 0.384 e. The molecule has 0 aliphatic heterocycles. The van der Waals surface area contributed by atoms with Gasteiger partial charge in [-0.25, -0.2) is 9.97 Å². The number of carbonyl (C=O) groups excluding carboxylic acids is 2. The predicted octanol–water partition coefficient (Wildman–Crippen LogP) is 5.62. The summed E-state index contributed by atoms with van der Waals surface area (Å²) in [5.74, 6) is 1.67. The van der Waals surface area contributed by atoms with E-state index in [9.17, 15) is 9.59 Å². The van der Waals surface area contributed by atoms with E-state index in [0.29, 0.717) is 18.7 Å². The first-order valence-electron chi connectivity index (χ1n) is 9.25. The van der Waals surface area contributed by atoms with Gasteiger partial charge in [-0.3, -0.25) is 0 Å². The molecule has 0 aromatic carbocycles. The summed E-state index contributed by atoms with van der Waals surface area (Å²) in [6.45, 7) is 7.14. The van der Waals surface area contributed by atoms with Gasteiger partial charge in [0.1, 0.15) is 32.4 Å².